The van der Waals surface area contributed by atoms with Gasteiger partial charge in [-0.25, -0.2) is 4.79 Å². The van der Waals surface area contributed by atoms with Crippen molar-refractivity contribution >= 4 is 16.9 Å². The zero-order valence-electron chi connectivity index (χ0n) is 13.9. The van der Waals surface area contributed by atoms with Crippen LogP contribution in [-0.2, 0) is 15.5 Å². The quantitative estimate of drug-likeness (QED) is 0.786. The summed E-state index contributed by atoms with van der Waals surface area (Å²) in [5.41, 5.74) is -0.461. The molecule has 0 saturated heterocycles. The smallest absolute Gasteiger partial charge is 0.407 e. The standard InChI is InChI=1S/C15H30N2O3S/c1-11(10-21(5)19)17-13-8-6-7-12(13)9-16-14(18)20-15(2,3)4/h11-13,17H,6-10H2,1-5H3,(H,16,18). The average molecular weight is 318 g/mol. The summed E-state index contributed by atoms with van der Waals surface area (Å²) in [6.45, 7) is 8.28. The molecule has 2 N–H and O–H groups in total. The molecule has 1 saturated carbocycles. The monoisotopic (exact) mass is 318 g/mol. The molecule has 0 spiro atoms. The first-order valence-corrected chi connectivity index (χ1v) is 9.43. The third-order valence-corrected chi connectivity index (χ3v) is 4.52. The Hall–Kier alpha value is -0.620. The van der Waals surface area contributed by atoms with E-state index in [0.717, 1.165) is 12.8 Å². The van der Waals surface area contributed by atoms with Crippen LogP contribution in [0.5, 0.6) is 0 Å². The number of ether oxygens (including phenoxy) is 1. The van der Waals surface area contributed by atoms with Crippen LogP contribution in [0.25, 0.3) is 0 Å². The van der Waals surface area contributed by atoms with Crippen LogP contribution in [0.3, 0.4) is 0 Å². The molecule has 1 amide bonds. The van der Waals surface area contributed by atoms with Crippen LogP contribution in [0, 0.1) is 5.92 Å². The van der Waals surface area contributed by atoms with Gasteiger partial charge in [-0.1, -0.05) is 6.42 Å². The van der Waals surface area contributed by atoms with Crippen LogP contribution in [0.4, 0.5) is 4.79 Å². The molecule has 0 heterocycles. The van der Waals surface area contributed by atoms with Gasteiger partial charge < -0.3 is 15.4 Å². The number of alkyl carbamates (subject to hydrolysis) is 1. The second-order valence-corrected chi connectivity index (χ2v) is 8.47. The van der Waals surface area contributed by atoms with E-state index in [1.807, 2.05) is 20.8 Å². The number of rotatable bonds is 6. The molecule has 0 aromatic carbocycles. The molecule has 1 aliphatic carbocycles. The van der Waals surface area contributed by atoms with Crippen LogP contribution in [0.15, 0.2) is 0 Å². The van der Waals surface area contributed by atoms with Gasteiger partial charge in [-0.2, -0.15) is 0 Å². The Balaban J connectivity index is 2.36. The summed E-state index contributed by atoms with van der Waals surface area (Å²) in [6, 6.07) is 0.626. The van der Waals surface area contributed by atoms with Crippen molar-refractivity contribution in [3.05, 3.63) is 0 Å². The summed E-state index contributed by atoms with van der Waals surface area (Å²) in [4.78, 5) is 11.7. The molecule has 6 heteroatoms. The minimum atomic E-state index is -0.782. The molecule has 0 aromatic heterocycles. The van der Waals surface area contributed by atoms with Crippen molar-refractivity contribution in [2.24, 2.45) is 5.92 Å². The molecular formula is C15H30N2O3S. The lowest BCUT2D eigenvalue weighted by Crippen LogP contribution is -2.45. The molecular weight excluding hydrogens is 288 g/mol. The summed E-state index contributed by atoms with van der Waals surface area (Å²) in [6.07, 6.45) is 4.77. The number of hydrogen-bond donors (Lipinski definition) is 2. The molecule has 1 rings (SSSR count). The summed E-state index contributed by atoms with van der Waals surface area (Å²) in [5.74, 6) is 1.09. The molecule has 4 atom stereocenters. The average Bonchev–Trinajstić information content (AvgIpc) is 2.70. The van der Waals surface area contributed by atoms with Crippen molar-refractivity contribution in [1.29, 1.82) is 0 Å². The zero-order chi connectivity index (χ0) is 16.0. The normalized spacial score (nSPS) is 25.4. The highest BCUT2D eigenvalue weighted by Gasteiger charge is 2.29. The highest BCUT2D eigenvalue weighted by atomic mass is 32.2. The Kier molecular flexibility index (Phi) is 7.13. The zero-order valence-corrected chi connectivity index (χ0v) is 14.7. The van der Waals surface area contributed by atoms with Crippen LogP contribution in [0.1, 0.15) is 47.0 Å². The van der Waals surface area contributed by atoms with Gasteiger partial charge in [0.05, 0.1) is 0 Å². The molecule has 4 unspecified atom stereocenters. The largest absolute Gasteiger partial charge is 0.444 e. The number of carbonyl (C=O) groups excluding carboxylic acids is 1. The summed E-state index contributed by atoms with van der Waals surface area (Å²) in [7, 11) is -0.782. The van der Waals surface area contributed by atoms with E-state index in [1.54, 1.807) is 6.26 Å². The van der Waals surface area contributed by atoms with Crippen molar-refractivity contribution in [2.45, 2.75) is 64.6 Å². The van der Waals surface area contributed by atoms with Gasteiger partial charge in [0.1, 0.15) is 5.60 Å². The van der Waals surface area contributed by atoms with Crippen molar-refractivity contribution < 1.29 is 13.7 Å². The minimum absolute atomic E-state index is 0.239. The Bertz CT molecular complexity index is 368. The van der Waals surface area contributed by atoms with Gasteiger partial charge in [-0.3, -0.25) is 4.21 Å². The Morgan fingerprint density at radius 2 is 2.05 bits per heavy atom. The third-order valence-electron chi connectivity index (χ3n) is 3.55. The first-order valence-electron chi connectivity index (χ1n) is 7.70. The predicted octanol–water partition coefficient (Wildman–Crippen LogP) is 2.04. The fourth-order valence-corrected chi connectivity index (χ4v) is 3.60. The maximum atomic E-state index is 11.7. The van der Waals surface area contributed by atoms with Crippen LogP contribution in [-0.4, -0.2) is 46.5 Å². The molecule has 0 aliphatic heterocycles. The lowest BCUT2D eigenvalue weighted by atomic mass is 10.0. The topological polar surface area (TPSA) is 67.4 Å². The van der Waals surface area contributed by atoms with E-state index in [4.69, 9.17) is 4.74 Å². The summed E-state index contributed by atoms with van der Waals surface area (Å²) in [5, 5.41) is 6.41. The molecule has 0 radical (unpaired) electrons. The maximum absolute atomic E-state index is 11.7. The van der Waals surface area contributed by atoms with Crippen LogP contribution < -0.4 is 10.6 Å². The predicted molar refractivity (Wildman–Crippen MR) is 86.9 cm³/mol. The van der Waals surface area contributed by atoms with Gasteiger partial charge >= 0.3 is 6.09 Å². The lowest BCUT2D eigenvalue weighted by Gasteiger charge is -2.26. The molecule has 1 fully saturated rings. The van der Waals surface area contributed by atoms with Gasteiger partial charge in [0.2, 0.25) is 0 Å². The van der Waals surface area contributed by atoms with Crippen LogP contribution in [0.2, 0.25) is 0 Å². The van der Waals surface area contributed by atoms with E-state index in [1.165, 1.54) is 6.42 Å². The van der Waals surface area contributed by atoms with E-state index in [0.29, 0.717) is 24.3 Å². The summed E-state index contributed by atoms with van der Waals surface area (Å²) < 4.78 is 16.5. The number of nitrogens with one attached hydrogen (secondary N) is 2. The maximum Gasteiger partial charge on any atom is 0.407 e. The molecule has 1 aliphatic rings. The number of amides is 1. The second kappa shape index (κ2) is 8.13. The van der Waals surface area contributed by atoms with Gasteiger partial charge in [0, 0.05) is 41.4 Å². The fraction of sp³-hybridized carbons (Fsp3) is 0.933. The highest BCUT2D eigenvalue weighted by Crippen LogP contribution is 2.25. The Labute approximate surface area is 131 Å². The van der Waals surface area contributed by atoms with Gasteiger partial charge in [-0.15, -0.1) is 0 Å². The Morgan fingerprint density at radius 3 is 2.62 bits per heavy atom. The van der Waals surface area contributed by atoms with Gasteiger partial charge in [-0.05, 0) is 46.5 Å². The van der Waals surface area contributed by atoms with Crippen LogP contribution >= 0.6 is 0 Å². The molecule has 21 heavy (non-hydrogen) atoms. The van der Waals surface area contributed by atoms with Gasteiger partial charge in [0.15, 0.2) is 0 Å². The highest BCUT2D eigenvalue weighted by molar-refractivity contribution is 7.84. The van der Waals surface area contributed by atoms with E-state index in [9.17, 15) is 9.00 Å². The Morgan fingerprint density at radius 1 is 1.38 bits per heavy atom. The van der Waals surface area contributed by atoms with E-state index < -0.39 is 16.4 Å². The van der Waals surface area contributed by atoms with Crippen molar-refractivity contribution in [2.75, 3.05) is 18.6 Å². The van der Waals surface area contributed by atoms with Gasteiger partial charge in [0.25, 0.3) is 0 Å². The molecule has 124 valence electrons. The molecule has 5 nitrogen and oxygen atoms in total. The first kappa shape index (κ1) is 18.4. The lowest BCUT2D eigenvalue weighted by molar-refractivity contribution is 0.0517. The fourth-order valence-electron chi connectivity index (χ4n) is 2.79. The number of carbonyl (C=O) groups is 1. The molecule has 0 aromatic rings. The van der Waals surface area contributed by atoms with Crippen molar-refractivity contribution in [3.8, 4) is 0 Å². The van der Waals surface area contributed by atoms with E-state index in [2.05, 4.69) is 17.6 Å². The SMILES string of the molecule is CC(CS(C)=O)NC1CCCC1CNC(=O)OC(C)(C)C. The van der Waals surface area contributed by atoms with Crippen molar-refractivity contribution in [3.63, 3.8) is 0 Å². The number of hydrogen-bond acceptors (Lipinski definition) is 4. The molecule has 0 bridgehead atoms. The summed E-state index contributed by atoms with van der Waals surface area (Å²) >= 11 is 0. The van der Waals surface area contributed by atoms with E-state index in [-0.39, 0.29) is 12.1 Å². The first-order chi connectivity index (χ1) is 9.67. The second-order valence-electron chi connectivity index (χ2n) is 6.99. The minimum Gasteiger partial charge on any atom is -0.444 e. The van der Waals surface area contributed by atoms with Crippen molar-refractivity contribution in [1.82, 2.24) is 10.6 Å². The third kappa shape index (κ3) is 7.81. The van der Waals surface area contributed by atoms with E-state index >= 15 is 0 Å².